The summed E-state index contributed by atoms with van der Waals surface area (Å²) in [6.07, 6.45) is 0.671. The first-order valence-corrected chi connectivity index (χ1v) is 8.51. The normalized spacial score (nSPS) is 15.9. The summed E-state index contributed by atoms with van der Waals surface area (Å²) in [7, 11) is 0. The standard InChI is InChI=1S/C19H16ClN5O/c1-12-11-16(13-7-9-15(20)10-8-13)25-19(21-12)23-18(24-25)22-17(26)14-5-3-2-4-6-14/h2-10,16H,1,11H2,(H2,21,22,23,24,26)/t16-/m0/s1. The van der Waals surface area contributed by atoms with Gasteiger partial charge >= 0.3 is 0 Å². The van der Waals surface area contributed by atoms with E-state index in [1.165, 1.54) is 0 Å². The zero-order valence-corrected chi connectivity index (χ0v) is 14.6. The van der Waals surface area contributed by atoms with Crippen molar-refractivity contribution < 1.29 is 4.79 Å². The molecule has 1 aliphatic heterocycles. The Labute approximate surface area is 155 Å². The molecular formula is C19H16ClN5O. The fraction of sp³-hybridized carbons (Fsp3) is 0.105. The molecule has 1 aliphatic rings. The van der Waals surface area contributed by atoms with Gasteiger partial charge in [-0.15, -0.1) is 5.10 Å². The lowest BCUT2D eigenvalue weighted by molar-refractivity contribution is 0.102. The Morgan fingerprint density at radius 3 is 2.65 bits per heavy atom. The highest BCUT2D eigenvalue weighted by Crippen LogP contribution is 2.33. The third kappa shape index (κ3) is 3.19. The Balaban J connectivity index is 1.63. The van der Waals surface area contributed by atoms with Gasteiger partial charge in [0.15, 0.2) is 0 Å². The molecule has 0 saturated heterocycles. The van der Waals surface area contributed by atoms with Crippen molar-refractivity contribution in [2.75, 3.05) is 10.6 Å². The number of benzene rings is 2. The molecule has 3 aromatic rings. The molecule has 2 aromatic carbocycles. The number of fused-ring (bicyclic) bond motifs is 1. The molecular weight excluding hydrogens is 350 g/mol. The molecule has 0 fully saturated rings. The number of carbonyl (C=O) groups is 1. The van der Waals surface area contributed by atoms with Gasteiger partial charge in [-0.3, -0.25) is 10.1 Å². The van der Waals surface area contributed by atoms with Crippen LogP contribution in [-0.2, 0) is 0 Å². The Bertz CT molecular complexity index is 965. The number of anilines is 2. The second kappa shape index (κ2) is 6.65. The van der Waals surface area contributed by atoms with Gasteiger partial charge in [-0.2, -0.15) is 4.98 Å². The summed E-state index contributed by atoms with van der Waals surface area (Å²) in [5.74, 6) is 0.537. The van der Waals surface area contributed by atoms with Gasteiger partial charge in [-0.05, 0) is 29.8 Å². The van der Waals surface area contributed by atoms with Crippen molar-refractivity contribution in [1.82, 2.24) is 14.8 Å². The van der Waals surface area contributed by atoms with E-state index in [0.717, 1.165) is 11.3 Å². The molecule has 0 bridgehead atoms. The summed E-state index contributed by atoms with van der Waals surface area (Å²) in [4.78, 5) is 16.7. The largest absolute Gasteiger partial charge is 0.329 e. The Morgan fingerprint density at radius 1 is 1.19 bits per heavy atom. The maximum Gasteiger partial charge on any atom is 0.258 e. The summed E-state index contributed by atoms with van der Waals surface area (Å²) in [5.41, 5.74) is 2.43. The number of hydrogen-bond acceptors (Lipinski definition) is 4. The van der Waals surface area contributed by atoms with Crippen LogP contribution in [0.5, 0.6) is 0 Å². The lowest BCUT2D eigenvalue weighted by Gasteiger charge is -2.26. The van der Waals surface area contributed by atoms with E-state index in [2.05, 4.69) is 27.3 Å². The highest BCUT2D eigenvalue weighted by atomic mass is 35.5. The summed E-state index contributed by atoms with van der Waals surface area (Å²) >= 11 is 5.99. The van der Waals surface area contributed by atoms with E-state index in [1.54, 1.807) is 16.8 Å². The number of allylic oxidation sites excluding steroid dienone is 1. The zero-order valence-electron chi connectivity index (χ0n) is 13.8. The third-order valence-electron chi connectivity index (χ3n) is 4.17. The van der Waals surface area contributed by atoms with E-state index in [0.29, 0.717) is 23.0 Å². The van der Waals surface area contributed by atoms with Crippen molar-refractivity contribution in [2.24, 2.45) is 0 Å². The fourth-order valence-electron chi connectivity index (χ4n) is 2.92. The molecule has 1 aromatic heterocycles. The molecule has 0 aliphatic carbocycles. The van der Waals surface area contributed by atoms with Gasteiger partial charge in [0.25, 0.3) is 11.9 Å². The Hall–Kier alpha value is -3.12. The molecule has 0 saturated carbocycles. The second-order valence-corrected chi connectivity index (χ2v) is 6.46. The number of aromatic nitrogens is 3. The molecule has 26 heavy (non-hydrogen) atoms. The maximum atomic E-state index is 12.3. The number of amides is 1. The van der Waals surface area contributed by atoms with E-state index in [1.807, 2.05) is 42.5 Å². The minimum atomic E-state index is -0.254. The van der Waals surface area contributed by atoms with Crippen molar-refractivity contribution >= 4 is 29.4 Å². The maximum absolute atomic E-state index is 12.3. The predicted octanol–water partition coefficient (Wildman–Crippen LogP) is 4.10. The van der Waals surface area contributed by atoms with Gasteiger partial charge in [0.1, 0.15) is 0 Å². The number of carbonyl (C=O) groups excluding carboxylic acids is 1. The number of nitrogens with one attached hydrogen (secondary N) is 2. The van der Waals surface area contributed by atoms with Gasteiger partial charge < -0.3 is 5.32 Å². The van der Waals surface area contributed by atoms with Gasteiger partial charge in [0, 0.05) is 22.7 Å². The van der Waals surface area contributed by atoms with E-state index in [9.17, 15) is 4.79 Å². The smallest absolute Gasteiger partial charge is 0.258 e. The van der Waals surface area contributed by atoms with Crippen LogP contribution in [0.1, 0.15) is 28.4 Å². The molecule has 7 heteroatoms. The van der Waals surface area contributed by atoms with Crippen molar-refractivity contribution in [1.29, 1.82) is 0 Å². The van der Waals surface area contributed by atoms with Gasteiger partial charge in [-0.1, -0.05) is 48.5 Å². The van der Waals surface area contributed by atoms with E-state index >= 15 is 0 Å². The van der Waals surface area contributed by atoms with Gasteiger partial charge in [-0.25, -0.2) is 4.68 Å². The monoisotopic (exact) mass is 365 g/mol. The van der Waals surface area contributed by atoms with Gasteiger partial charge in [0.2, 0.25) is 5.95 Å². The summed E-state index contributed by atoms with van der Waals surface area (Å²) < 4.78 is 1.76. The highest BCUT2D eigenvalue weighted by Gasteiger charge is 2.27. The van der Waals surface area contributed by atoms with Crippen LogP contribution >= 0.6 is 11.6 Å². The molecule has 6 nitrogen and oxygen atoms in total. The third-order valence-corrected chi connectivity index (χ3v) is 4.42. The fourth-order valence-corrected chi connectivity index (χ4v) is 3.04. The number of halogens is 1. The van der Waals surface area contributed by atoms with Crippen molar-refractivity contribution in [3.8, 4) is 0 Å². The lowest BCUT2D eigenvalue weighted by atomic mass is 10.0. The van der Waals surface area contributed by atoms with Crippen LogP contribution in [0.2, 0.25) is 5.02 Å². The molecule has 2 heterocycles. The average Bonchev–Trinajstić information content (AvgIpc) is 3.04. The molecule has 0 radical (unpaired) electrons. The van der Waals surface area contributed by atoms with Gasteiger partial charge in [0.05, 0.1) is 6.04 Å². The molecule has 1 atom stereocenters. The van der Waals surface area contributed by atoms with Crippen LogP contribution < -0.4 is 10.6 Å². The molecule has 1 amide bonds. The molecule has 130 valence electrons. The summed E-state index contributed by atoms with van der Waals surface area (Å²) in [5, 5.41) is 11.0. The summed E-state index contributed by atoms with van der Waals surface area (Å²) in [6.45, 7) is 4.02. The molecule has 0 unspecified atom stereocenters. The summed E-state index contributed by atoms with van der Waals surface area (Å²) in [6, 6.07) is 16.5. The average molecular weight is 366 g/mol. The SMILES string of the molecule is C=C1C[C@@H](c2ccc(Cl)cc2)n2nc(NC(=O)c3ccccc3)nc2N1. The minimum Gasteiger partial charge on any atom is -0.329 e. The van der Waals surface area contributed by atoms with Crippen LogP contribution in [0.3, 0.4) is 0 Å². The van der Waals surface area contributed by atoms with E-state index < -0.39 is 0 Å². The first-order chi connectivity index (χ1) is 12.6. The van der Waals surface area contributed by atoms with Crippen LogP contribution in [-0.4, -0.2) is 20.7 Å². The highest BCUT2D eigenvalue weighted by molar-refractivity contribution is 6.30. The van der Waals surface area contributed by atoms with E-state index in [4.69, 9.17) is 11.6 Å². The molecule has 2 N–H and O–H groups in total. The number of hydrogen-bond donors (Lipinski definition) is 2. The first kappa shape index (κ1) is 16.4. The Morgan fingerprint density at radius 2 is 1.92 bits per heavy atom. The lowest BCUT2D eigenvalue weighted by Crippen LogP contribution is -2.23. The first-order valence-electron chi connectivity index (χ1n) is 8.13. The number of rotatable bonds is 3. The number of nitrogens with zero attached hydrogens (tertiary/aromatic N) is 3. The van der Waals surface area contributed by atoms with Crippen molar-refractivity contribution in [2.45, 2.75) is 12.5 Å². The van der Waals surface area contributed by atoms with Crippen LogP contribution in [0.4, 0.5) is 11.9 Å². The Kier molecular flexibility index (Phi) is 4.18. The quantitative estimate of drug-likeness (QED) is 0.733. The predicted molar refractivity (Wildman–Crippen MR) is 101 cm³/mol. The van der Waals surface area contributed by atoms with E-state index in [-0.39, 0.29) is 17.9 Å². The van der Waals surface area contributed by atoms with Crippen molar-refractivity contribution in [3.63, 3.8) is 0 Å². The van der Waals surface area contributed by atoms with Crippen LogP contribution in [0.25, 0.3) is 0 Å². The topological polar surface area (TPSA) is 71.8 Å². The van der Waals surface area contributed by atoms with Crippen molar-refractivity contribution in [3.05, 3.63) is 83.0 Å². The zero-order chi connectivity index (χ0) is 18.1. The minimum absolute atomic E-state index is 0.0640. The van der Waals surface area contributed by atoms with Crippen LogP contribution in [0.15, 0.2) is 66.9 Å². The van der Waals surface area contributed by atoms with Crippen LogP contribution in [0, 0.1) is 0 Å². The molecule has 4 rings (SSSR count). The molecule has 0 spiro atoms. The second-order valence-electron chi connectivity index (χ2n) is 6.02.